The second-order valence-corrected chi connectivity index (χ2v) is 6.38. The van der Waals surface area contributed by atoms with Crippen LogP contribution in [-0.4, -0.2) is 51.9 Å². The monoisotopic (exact) mass is 347 g/mol. The summed E-state index contributed by atoms with van der Waals surface area (Å²) in [5, 5.41) is 0. The van der Waals surface area contributed by atoms with E-state index in [2.05, 4.69) is 19.9 Å². The average Bonchev–Trinajstić information content (AvgIpc) is 3.33. The van der Waals surface area contributed by atoms with Crippen LogP contribution in [-0.2, 0) is 0 Å². The Morgan fingerprint density at radius 1 is 1.04 bits per heavy atom. The van der Waals surface area contributed by atoms with Crippen LogP contribution in [0.1, 0.15) is 10.4 Å². The normalized spacial score (nSPS) is 15.1. The number of nitrogens with zero attached hydrogens (tertiary/aromatic N) is 4. The van der Waals surface area contributed by atoms with E-state index in [1.165, 1.54) is 0 Å². The summed E-state index contributed by atoms with van der Waals surface area (Å²) in [5.41, 5.74) is 4.06. The van der Waals surface area contributed by atoms with Crippen LogP contribution in [0.15, 0.2) is 53.2 Å². The Kier molecular flexibility index (Phi) is 3.38. The van der Waals surface area contributed by atoms with Crippen molar-refractivity contribution in [1.82, 2.24) is 19.9 Å². The zero-order valence-electron chi connectivity index (χ0n) is 14.1. The molecule has 0 unspecified atom stereocenters. The third kappa shape index (κ3) is 2.48. The number of hydrogen-bond acceptors (Lipinski definition) is 5. The highest BCUT2D eigenvalue weighted by Gasteiger charge is 2.25. The quantitative estimate of drug-likeness (QED) is 0.603. The largest absolute Gasteiger partial charge is 0.423 e. The molecule has 1 aliphatic heterocycles. The van der Waals surface area contributed by atoms with Gasteiger partial charge in [-0.1, -0.05) is 12.1 Å². The highest BCUT2D eigenvalue weighted by atomic mass is 16.4. The first-order valence-electron chi connectivity index (χ1n) is 8.61. The van der Waals surface area contributed by atoms with Crippen molar-refractivity contribution < 1.29 is 9.21 Å². The number of imidazole rings is 1. The maximum absolute atomic E-state index is 12.8. The van der Waals surface area contributed by atoms with E-state index in [4.69, 9.17) is 4.42 Å². The minimum Gasteiger partial charge on any atom is -0.423 e. The number of carbonyl (C=O) groups excluding carboxylic acids is 1. The van der Waals surface area contributed by atoms with Gasteiger partial charge in [0.2, 0.25) is 0 Å². The fourth-order valence-corrected chi connectivity index (χ4v) is 3.35. The van der Waals surface area contributed by atoms with Crippen LogP contribution in [0, 0.1) is 0 Å². The van der Waals surface area contributed by atoms with Gasteiger partial charge in [0.15, 0.2) is 5.58 Å². The Morgan fingerprint density at radius 2 is 1.88 bits per heavy atom. The number of nitrogens with one attached hydrogen (secondary N) is 1. The van der Waals surface area contributed by atoms with Gasteiger partial charge in [-0.2, -0.15) is 4.98 Å². The van der Waals surface area contributed by atoms with Crippen molar-refractivity contribution in [3.05, 3.63) is 54.4 Å². The molecule has 0 aliphatic carbocycles. The van der Waals surface area contributed by atoms with Crippen LogP contribution in [0.4, 0.5) is 6.01 Å². The molecule has 1 fully saturated rings. The number of rotatable bonds is 2. The number of carbonyl (C=O) groups is 1. The number of aromatic nitrogens is 3. The van der Waals surface area contributed by atoms with Gasteiger partial charge in [-0.15, -0.1) is 0 Å². The number of anilines is 1. The van der Waals surface area contributed by atoms with E-state index in [9.17, 15) is 4.79 Å². The van der Waals surface area contributed by atoms with Gasteiger partial charge in [0.05, 0.1) is 17.4 Å². The average molecular weight is 347 g/mol. The fraction of sp³-hybridized carbons (Fsp3) is 0.211. The van der Waals surface area contributed by atoms with Gasteiger partial charge in [0.1, 0.15) is 5.52 Å². The number of para-hydroxylation sites is 2. The number of piperazine rings is 1. The number of fused-ring (bicyclic) bond motifs is 2. The summed E-state index contributed by atoms with van der Waals surface area (Å²) in [6.45, 7) is 2.67. The molecule has 2 aromatic heterocycles. The summed E-state index contributed by atoms with van der Waals surface area (Å²) >= 11 is 0. The standard InChI is InChI=1S/C19H17N5O2/c25-18(13-5-6-14-16(11-13)21-12-20-14)23-7-9-24(10-8-23)19-22-15-3-1-2-4-17(15)26-19/h1-6,11-12H,7-10H2,(H,20,21). The summed E-state index contributed by atoms with van der Waals surface area (Å²) < 4.78 is 5.83. The first-order chi connectivity index (χ1) is 12.8. The van der Waals surface area contributed by atoms with Gasteiger partial charge in [-0.3, -0.25) is 4.79 Å². The molecule has 0 spiro atoms. The Morgan fingerprint density at radius 3 is 2.73 bits per heavy atom. The third-order valence-corrected chi connectivity index (χ3v) is 4.79. The number of H-pyrrole nitrogens is 1. The van der Waals surface area contributed by atoms with E-state index in [1.54, 1.807) is 6.33 Å². The summed E-state index contributed by atoms with van der Waals surface area (Å²) in [6.07, 6.45) is 1.64. The van der Waals surface area contributed by atoms with E-state index in [0.717, 1.165) is 22.1 Å². The molecule has 2 aromatic carbocycles. The van der Waals surface area contributed by atoms with Gasteiger partial charge in [-0.05, 0) is 30.3 Å². The Hall–Kier alpha value is -3.35. The molecule has 0 saturated carbocycles. The third-order valence-electron chi connectivity index (χ3n) is 4.79. The summed E-state index contributed by atoms with van der Waals surface area (Å²) in [7, 11) is 0. The van der Waals surface area contributed by atoms with Crippen molar-refractivity contribution in [3.63, 3.8) is 0 Å². The van der Waals surface area contributed by atoms with Crippen LogP contribution in [0.25, 0.3) is 22.1 Å². The van der Waals surface area contributed by atoms with E-state index in [0.29, 0.717) is 37.8 Å². The SMILES string of the molecule is O=C(c1ccc2nc[nH]c2c1)N1CCN(c2nc3ccccc3o2)CC1. The van der Waals surface area contributed by atoms with Crippen molar-refractivity contribution in [2.45, 2.75) is 0 Å². The summed E-state index contributed by atoms with van der Waals surface area (Å²) in [5.74, 6) is 0.0405. The smallest absolute Gasteiger partial charge is 0.298 e. The number of hydrogen-bond donors (Lipinski definition) is 1. The van der Waals surface area contributed by atoms with E-state index in [-0.39, 0.29) is 5.91 Å². The molecule has 0 atom stereocenters. The van der Waals surface area contributed by atoms with E-state index < -0.39 is 0 Å². The lowest BCUT2D eigenvalue weighted by molar-refractivity contribution is 0.0745. The minimum absolute atomic E-state index is 0.0405. The molecule has 7 nitrogen and oxygen atoms in total. The topological polar surface area (TPSA) is 78.3 Å². The fourth-order valence-electron chi connectivity index (χ4n) is 3.35. The lowest BCUT2D eigenvalue weighted by Crippen LogP contribution is -2.48. The maximum atomic E-state index is 12.8. The first-order valence-corrected chi connectivity index (χ1v) is 8.61. The highest BCUT2D eigenvalue weighted by molar-refractivity contribution is 5.97. The summed E-state index contributed by atoms with van der Waals surface area (Å²) in [4.78, 5) is 28.5. The van der Waals surface area contributed by atoms with Crippen molar-refractivity contribution in [2.75, 3.05) is 31.1 Å². The van der Waals surface area contributed by atoms with Crippen LogP contribution in [0.5, 0.6) is 0 Å². The number of benzene rings is 2. The molecule has 1 aliphatic rings. The molecule has 26 heavy (non-hydrogen) atoms. The van der Waals surface area contributed by atoms with Crippen LogP contribution in [0.3, 0.4) is 0 Å². The van der Waals surface area contributed by atoms with Gasteiger partial charge < -0.3 is 19.2 Å². The van der Waals surface area contributed by atoms with Crippen molar-refractivity contribution >= 4 is 34.1 Å². The lowest BCUT2D eigenvalue weighted by atomic mass is 10.1. The molecule has 1 amide bonds. The number of oxazole rings is 1. The number of aromatic amines is 1. The molecule has 1 N–H and O–H groups in total. The second-order valence-electron chi connectivity index (χ2n) is 6.38. The van der Waals surface area contributed by atoms with Crippen molar-refractivity contribution in [3.8, 4) is 0 Å². The molecule has 130 valence electrons. The van der Waals surface area contributed by atoms with Gasteiger partial charge in [0.25, 0.3) is 11.9 Å². The van der Waals surface area contributed by atoms with Crippen molar-refractivity contribution in [2.24, 2.45) is 0 Å². The van der Waals surface area contributed by atoms with Crippen LogP contribution < -0.4 is 4.90 Å². The Labute approximate surface area is 149 Å². The zero-order valence-corrected chi connectivity index (χ0v) is 14.1. The zero-order chi connectivity index (χ0) is 17.5. The predicted molar refractivity (Wildman–Crippen MR) is 98.2 cm³/mol. The molecule has 1 saturated heterocycles. The molecular weight excluding hydrogens is 330 g/mol. The van der Waals surface area contributed by atoms with Crippen molar-refractivity contribution in [1.29, 1.82) is 0 Å². The molecule has 0 radical (unpaired) electrons. The van der Waals surface area contributed by atoms with Crippen LogP contribution >= 0.6 is 0 Å². The molecule has 0 bridgehead atoms. The van der Waals surface area contributed by atoms with Gasteiger partial charge in [0, 0.05) is 31.7 Å². The first kappa shape index (κ1) is 14.9. The van der Waals surface area contributed by atoms with Crippen LogP contribution in [0.2, 0.25) is 0 Å². The minimum atomic E-state index is 0.0405. The molecule has 4 aromatic rings. The number of amides is 1. The van der Waals surface area contributed by atoms with Gasteiger partial charge in [-0.25, -0.2) is 4.98 Å². The van der Waals surface area contributed by atoms with E-state index in [1.807, 2.05) is 47.4 Å². The lowest BCUT2D eigenvalue weighted by Gasteiger charge is -2.33. The molecule has 5 rings (SSSR count). The van der Waals surface area contributed by atoms with Gasteiger partial charge >= 0.3 is 0 Å². The highest BCUT2D eigenvalue weighted by Crippen LogP contribution is 2.23. The second kappa shape index (κ2) is 5.87. The Bertz CT molecular complexity index is 1060. The molecular formula is C19H17N5O2. The van der Waals surface area contributed by atoms with E-state index >= 15 is 0 Å². The molecule has 3 heterocycles. The maximum Gasteiger partial charge on any atom is 0.298 e. The summed E-state index contributed by atoms with van der Waals surface area (Å²) in [6, 6.07) is 13.9. The molecule has 7 heteroatoms. The Balaban J connectivity index is 1.30. The predicted octanol–water partition coefficient (Wildman–Crippen LogP) is 2.67.